The highest BCUT2D eigenvalue weighted by molar-refractivity contribution is 5.76. The van der Waals surface area contributed by atoms with Crippen molar-refractivity contribution in [3.63, 3.8) is 0 Å². The van der Waals surface area contributed by atoms with Crippen LogP contribution in [0.4, 0.5) is 4.79 Å². The lowest BCUT2D eigenvalue weighted by Gasteiger charge is -2.34. The molecule has 1 N–H and O–H groups in total. The molecule has 0 bridgehead atoms. The highest BCUT2D eigenvalue weighted by Gasteiger charge is 2.22. The molecule has 1 saturated heterocycles. The first-order valence-electron chi connectivity index (χ1n) is 5.31. The highest BCUT2D eigenvalue weighted by Crippen LogP contribution is 2.02. The molecule has 1 rings (SSSR count). The summed E-state index contributed by atoms with van der Waals surface area (Å²) < 4.78 is 0. The van der Waals surface area contributed by atoms with E-state index in [0.717, 1.165) is 0 Å². The largest absolute Gasteiger partial charge is 0.339 e. The number of piperazine rings is 1. The van der Waals surface area contributed by atoms with Crippen LogP contribution in [0.15, 0.2) is 0 Å². The number of carbonyl (C=O) groups excluding carboxylic acids is 2. The Morgan fingerprint density at radius 1 is 1.07 bits per heavy atom. The summed E-state index contributed by atoms with van der Waals surface area (Å²) in [7, 11) is 0. The standard InChI is InChI=1S/C10H19N3O2/c1-8(2)11-10(15)13-6-4-12(5-7-13)9(3)14/h8H,4-7H2,1-3H3,(H,11,15). The van der Waals surface area contributed by atoms with E-state index >= 15 is 0 Å². The van der Waals surface area contributed by atoms with Crippen LogP contribution in [0, 0.1) is 0 Å². The van der Waals surface area contributed by atoms with Crippen molar-refractivity contribution >= 4 is 11.9 Å². The Morgan fingerprint density at radius 2 is 1.53 bits per heavy atom. The van der Waals surface area contributed by atoms with Gasteiger partial charge >= 0.3 is 6.03 Å². The molecule has 15 heavy (non-hydrogen) atoms. The topological polar surface area (TPSA) is 52.7 Å². The first-order chi connectivity index (χ1) is 7.00. The van der Waals surface area contributed by atoms with Gasteiger partial charge in [-0.25, -0.2) is 4.79 Å². The third-order valence-corrected chi connectivity index (χ3v) is 2.42. The van der Waals surface area contributed by atoms with Crippen LogP contribution in [0.2, 0.25) is 0 Å². The number of urea groups is 1. The van der Waals surface area contributed by atoms with E-state index in [1.165, 1.54) is 0 Å². The molecule has 5 heteroatoms. The Balaban J connectivity index is 2.37. The smallest absolute Gasteiger partial charge is 0.317 e. The molecular formula is C10H19N3O2. The van der Waals surface area contributed by atoms with E-state index in [1.807, 2.05) is 13.8 Å². The van der Waals surface area contributed by atoms with E-state index in [0.29, 0.717) is 26.2 Å². The number of hydrogen-bond acceptors (Lipinski definition) is 2. The molecule has 1 aliphatic rings. The van der Waals surface area contributed by atoms with Crippen molar-refractivity contribution in [2.24, 2.45) is 0 Å². The van der Waals surface area contributed by atoms with Gasteiger partial charge in [0.1, 0.15) is 0 Å². The van der Waals surface area contributed by atoms with Crippen LogP contribution in [0.5, 0.6) is 0 Å². The predicted octanol–water partition coefficient (Wildman–Crippen LogP) is 0.269. The lowest BCUT2D eigenvalue weighted by molar-refractivity contribution is -0.130. The van der Waals surface area contributed by atoms with Gasteiger partial charge in [0.15, 0.2) is 0 Å². The molecule has 0 unspecified atom stereocenters. The summed E-state index contributed by atoms with van der Waals surface area (Å²) >= 11 is 0. The SMILES string of the molecule is CC(=O)N1CCN(C(=O)NC(C)C)CC1. The van der Waals surface area contributed by atoms with Crippen molar-refractivity contribution < 1.29 is 9.59 Å². The average Bonchev–Trinajstić information content (AvgIpc) is 2.17. The van der Waals surface area contributed by atoms with Crippen LogP contribution in [0.1, 0.15) is 20.8 Å². The maximum atomic E-state index is 11.6. The van der Waals surface area contributed by atoms with Crippen molar-refractivity contribution in [2.45, 2.75) is 26.8 Å². The zero-order valence-corrected chi connectivity index (χ0v) is 9.62. The molecule has 1 fully saturated rings. The Labute approximate surface area is 90.4 Å². The lowest BCUT2D eigenvalue weighted by atomic mass is 10.3. The van der Waals surface area contributed by atoms with Crippen molar-refractivity contribution in [3.8, 4) is 0 Å². The van der Waals surface area contributed by atoms with E-state index in [-0.39, 0.29) is 18.0 Å². The van der Waals surface area contributed by atoms with Gasteiger partial charge in [-0.3, -0.25) is 4.79 Å². The van der Waals surface area contributed by atoms with E-state index in [9.17, 15) is 9.59 Å². The lowest BCUT2D eigenvalue weighted by Crippen LogP contribution is -2.53. The summed E-state index contributed by atoms with van der Waals surface area (Å²) in [5.74, 6) is 0.0823. The molecule has 1 aliphatic heterocycles. The second-order valence-corrected chi connectivity index (χ2v) is 4.10. The monoisotopic (exact) mass is 213 g/mol. The number of rotatable bonds is 1. The van der Waals surface area contributed by atoms with Crippen LogP contribution in [0.3, 0.4) is 0 Å². The maximum absolute atomic E-state index is 11.6. The van der Waals surface area contributed by atoms with Crippen molar-refractivity contribution in [1.29, 1.82) is 0 Å². The van der Waals surface area contributed by atoms with Gasteiger partial charge in [0.2, 0.25) is 5.91 Å². The Hall–Kier alpha value is -1.26. The molecule has 1 heterocycles. The third kappa shape index (κ3) is 3.42. The fourth-order valence-electron chi connectivity index (χ4n) is 1.56. The summed E-state index contributed by atoms with van der Waals surface area (Å²) in [5, 5.41) is 2.84. The van der Waals surface area contributed by atoms with Gasteiger partial charge in [0.05, 0.1) is 0 Å². The Morgan fingerprint density at radius 3 is 1.93 bits per heavy atom. The van der Waals surface area contributed by atoms with Crippen LogP contribution >= 0.6 is 0 Å². The minimum absolute atomic E-state index is 0.0341. The van der Waals surface area contributed by atoms with Gasteiger partial charge in [-0.05, 0) is 13.8 Å². The Bertz CT molecular complexity index is 245. The van der Waals surface area contributed by atoms with Gasteiger partial charge < -0.3 is 15.1 Å². The number of nitrogens with zero attached hydrogens (tertiary/aromatic N) is 2. The fraction of sp³-hybridized carbons (Fsp3) is 0.800. The second-order valence-electron chi connectivity index (χ2n) is 4.10. The molecule has 0 spiro atoms. The molecule has 5 nitrogen and oxygen atoms in total. The summed E-state index contributed by atoms with van der Waals surface area (Å²) in [6.45, 7) is 7.95. The molecule has 0 saturated carbocycles. The van der Waals surface area contributed by atoms with Crippen LogP contribution in [0.25, 0.3) is 0 Å². The zero-order chi connectivity index (χ0) is 11.4. The van der Waals surface area contributed by atoms with E-state index in [1.54, 1.807) is 16.7 Å². The summed E-state index contributed by atoms with van der Waals surface area (Å²) in [5.41, 5.74) is 0. The minimum atomic E-state index is -0.0341. The van der Waals surface area contributed by atoms with E-state index in [4.69, 9.17) is 0 Å². The average molecular weight is 213 g/mol. The molecule has 0 aliphatic carbocycles. The van der Waals surface area contributed by atoms with E-state index in [2.05, 4.69) is 5.32 Å². The van der Waals surface area contributed by atoms with Gasteiger partial charge in [-0.15, -0.1) is 0 Å². The third-order valence-electron chi connectivity index (χ3n) is 2.42. The van der Waals surface area contributed by atoms with Gasteiger partial charge in [0.25, 0.3) is 0 Å². The number of carbonyl (C=O) groups is 2. The quantitative estimate of drug-likeness (QED) is 0.679. The second kappa shape index (κ2) is 5.00. The predicted molar refractivity (Wildman–Crippen MR) is 57.5 cm³/mol. The van der Waals surface area contributed by atoms with Gasteiger partial charge in [-0.2, -0.15) is 0 Å². The first kappa shape index (κ1) is 11.8. The molecule has 0 atom stereocenters. The first-order valence-corrected chi connectivity index (χ1v) is 5.31. The molecular weight excluding hydrogens is 194 g/mol. The molecule has 0 aromatic rings. The highest BCUT2D eigenvalue weighted by atomic mass is 16.2. The normalized spacial score (nSPS) is 16.8. The minimum Gasteiger partial charge on any atom is -0.339 e. The molecule has 0 radical (unpaired) electrons. The number of hydrogen-bond donors (Lipinski definition) is 1. The van der Waals surface area contributed by atoms with Gasteiger partial charge in [-0.1, -0.05) is 0 Å². The number of nitrogens with one attached hydrogen (secondary N) is 1. The van der Waals surface area contributed by atoms with Crippen molar-refractivity contribution in [2.75, 3.05) is 26.2 Å². The van der Waals surface area contributed by atoms with Crippen molar-refractivity contribution in [1.82, 2.24) is 15.1 Å². The number of amides is 3. The van der Waals surface area contributed by atoms with Gasteiger partial charge in [0, 0.05) is 39.1 Å². The molecule has 3 amide bonds. The summed E-state index contributed by atoms with van der Waals surface area (Å²) in [6.07, 6.45) is 0. The molecule has 0 aromatic carbocycles. The molecule has 86 valence electrons. The van der Waals surface area contributed by atoms with E-state index < -0.39 is 0 Å². The van der Waals surface area contributed by atoms with Crippen LogP contribution in [-0.4, -0.2) is 54.0 Å². The Kier molecular flexibility index (Phi) is 3.94. The summed E-state index contributed by atoms with van der Waals surface area (Å²) in [6, 6.07) is 0.122. The maximum Gasteiger partial charge on any atom is 0.317 e. The zero-order valence-electron chi connectivity index (χ0n) is 9.62. The van der Waals surface area contributed by atoms with Crippen molar-refractivity contribution in [3.05, 3.63) is 0 Å². The fourth-order valence-corrected chi connectivity index (χ4v) is 1.56. The van der Waals surface area contributed by atoms with Crippen LogP contribution < -0.4 is 5.32 Å². The molecule has 0 aromatic heterocycles. The summed E-state index contributed by atoms with van der Waals surface area (Å²) in [4.78, 5) is 26.2. The van der Waals surface area contributed by atoms with Crippen LogP contribution in [-0.2, 0) is 4.79 Å².